The summed E-state index contributed by atoms with van der Waals surface area (Å²) in [6, 6.07) is 13.3. The van der Waals surface area contributed by atoms with E-state index in [-0.39, 0.29) is 30.0 Å². The number of benzene rings is 2. The average molecular weight is 686 g/mol. The summed E-state index contributed by atoms with van der Waals surface area (Å²) in [6.07, 6.45) is -1.58. The molecule has 12 nitrogen and oxygen atoms in total. The second kappa shape index (κ2) is 13.3. The van der Waals surface area contributed by atoms with Crippen molar-refractivity contribution in [1.82, 2.24) is 29.6 Å². The number of piperazine rings is 1. The number of alkyl halides is 3. The Morgan fingerprint density at radius 2 is 1.67 bits per heavy atom. The molecule has 0 saturated carbocycles. The highest BCUT2D eigenvalue weighted by molar-refractivity contribution is 7.91. The van der Waals surface area contributed by atoms with Crippen molar-refractivity contribution in [3.05, 3.63) is 83.8 Å². The lowest BCUT2D eigenvalue weighted by Crippen LogP contribution is -2.49. The zero-order valence-corrected chi connectivity index (χ0v) is 27.5. The number of amides is 2. The Balaban J connectivity index is 1.29. The van der Waals surface area contributed by atoms with Gasteiger partial charge in [0.1, 0.15) is 5.75 Å². The second-order valence-electron chi connectivity index (χ2n) is 12.0. The first-order valence-electron chi connectivity index (χ1n) is 15.0. The maximum atomic E-state index is 14.0. The SMILES string of the molecule is CCOc1cccc(-c2cnn(-c3cc(C(=O)N4CCN(c5ccc(C(=O)NS(=O)(=O)C(C)(C)C)nn5)CC4)cc(C(F)(F)F)c3)c2)c1. The average Bonchev–Trinajstić information content (AvgIpc) is 3.54. The Bertz CT molecular complexity index is 1920. The number of nitrogens with zero attached hydrogens (tertiary/aromatic N) is 6. The van der Waals surface area contributed by atoms with Crippen molar-refractivity contribution in [2.45, 2.75) is 38.6 Å². The van der Waals surface area contributed by atoms with Crippen LogP contribution in [0.3, 0.4) is 0 Å². The third-order valence-electron chi connectivity index (χ3n) is 7.62. The summed E-state index contributed by atoms with van der Waals surface area (Å²) >= 11 is 0. The normalized spacial score (nSPS) is 14.1. The minimum Gasteiger partial charge on any atom is -0.494 e. The molecule has 1 aliphatic heterocycles. The van der Waals surface area contributed by atoms with Crippen LogP contribution in [0.5, 0.6) is 5.75 Å². The fraction of sp³-hybridized carbons (Fsp3) is 0.344. The molecule has 0 aliphatic carbocycles. The van der Waals surface area contributed by atoms with Crippen LogP contribution in [0, 0.1) is 0 Å². The Kier molecular flexibility index (Phi) is 9.48. The lowest BCUT2D eigenvalue weighted by Gasteiger charge is -2.35. The molecule has 254 valence electrons. The number of rotatable bonds is 8. The number of halogens is 3. The van der Waals surface area contributed by atoms with Crippen LogP contribution in [0.1, 0.15) is 54.1 Å². The molecule has 16 heteroatoms. The smallest absolute Gasteiger partial charge is 0.416 e. The number of carbonyl (C=O) groups excluding carboxylic acids is 2. The van der Waals surface area contributed by atoms with E-state index in [1.807, 2.05) is 29.8 Å². The molecule has 0 spiro atoms. The molecule has 1 aliphatic rings. The molecule has 5 rings (SSSR count). The van der Waals surface area contributed by atoms with Gasteiger partial charge in [0.15, 0.2) is 11.5 Å². The first-order valence-corrected chi connectivity index (χ1v) is 16.5. The molecule has 0 atom stereocenters. The summed E-state index contributed by atoms with van der Waals surface area (Å²) in [4.78, 5) is 29.2. The van der Waals surface area contributed by atoms with E-state index in [9.17, 15) is 31.2 Å². The molecule has 1 N–H and O–H groups in total. The maximum absolute atomic E-state index is 14.0. The van der Waals surface area contributed by atoms with E-state index in [0.29, 0.717) is 36.8 Å². The van der Waals surface area contributed by atoms with Gasteiger partial charge in [-0.05, 0) is 75.7 Å². The largest absolute Gasteiger partial charge is 0.494 e. The molecule has 0 unspecified atom stereocenters. The van der Waals surface area contributed by atoms with Crippen LogP contribution in [-0.4, -0.2) is 82.6 Å². The van der Waals surface area contributed by atoms with Gasteiger partial charge in [-0.2, -0.15) is 18.3 Å². The Morgan fingerprint density at radius 3 is 2.29 bits per heavy atom. The fourth-order valence-corrected chi connectivity index (χ4v) is 5.49. The molecule has 0 radical (unpaired) electrons. The summed E-state index contributed by atoms with van der Waals surface area (Å²) < 4.78 is 74.1. The van der Waals surface area contributed by atoms with Gasteiger partial charge in [-0.25, -0.2) is 17.8 Å². The van der Waals surface area contributed by atoms with Crippen LogP contribution in [-0.2, 0) is 16.2 Å². The van der Waals surface area contributed by atoms with Gasteiger partial charge in [-0.3, -0.25) is 9.59 Å². The molecule has 1 fully saturated rings. The fourth-order valence-electron chi connectivity index (χ4n) is 4.84. The lowest BCUT2D eigenvalue weighted by molar-refractivity contribution is -0.137. The Labute approximate surface area is 275 Å². The van der Waals surface area contributed by atoms with Crippen molar-refractivity contribution in [3.8, 4) is 22.6 Å². The molecule has 2 amide bonds. The molecule has 4 aromatic rings. The predicted octanol–water partition coefficient (Wildman–Crippen LogP) is 4.57. The summed E-state index contributed by atoms with van der Waals surface area (Å²) in [5.41, 5.74) is 0.197. The molecule has 0 bridgehead atoms. The number of hydrogen-bond donors (Lipinski definition) is 1. The minimum absolute atomic E-state index is 0.0775. The molecule has 2 aromatic carbocycles. The molecular formula is C32H34F3N7O5S. The lowest BCUT2D eigenvalue weighted by atomic mass is 10.1. The van der Waals surface area contributed by atoms with Gasteiger partial charge in [0.2, 0.25) is 10.0 Å². The van der Waals surface area contributed by atoms with E-state index >= 15 is 0 Å². The Morgan fingerprint density at radius 1 is 0.938 bits per heavy atom. The van der Waals surface area contributed by atoms with Gasteiger partial charge >= 0.3 is 6.18 Å². The van der Waals surface area contributed by atoms with Crippen LogP contribution in [0.15, 0.2) is 67.0 Å². The van der Waals surface area contributed by atoms with Crippen molar-refractivity contribution >= 4 is 27.7 Å². The van der Waals surface area contributed by atoms with Crippen LogP contribution < -0.4 is 14.4 Å². The zero-order valence-electron chi connectivity index (χ0n) is 26.7. The highest BCUT2D eigenvalue weighted by Crippen LogP contribution is 2.33. The quantitative estimate of drug-likeness (QED) is 0.283. The van der Waals surface area contributed by atoms with Crippen molar-refractivity contribution in [2.75, 3.05) is 37.7 Å². The Hall–Kier alpha value is -4.99. The number of hydrogen-bond acceptors (Lipinski definition) is 9. The maximum Gasteiger partial charge on any atom is 0.416 e. The van der Waals surface area contributed by atoms with Crippen molar-refractivity contribution in [2.24, 2.45) is 0 Å². The highest BCUT2D eigenvalue weighted by Gasteiger charge is 2.34. The van der Waals surface area contributed by atoms with Gasteiger partial charge in [0.25, 0.3) is 11.8 Å². The minimum atomic E-state index is -4.70. The number of aromatic nitrogens is 4. The van der Waals surface area contributed by atoms with E-state index in [4.69, 9.17) is 4.74 Å². The summed E-state index contributed by atoms with van der Waals surface area (Å²) in [5, 5.41) is 12.2. The summed E-state index contributed by atoms with van der Waals surface area (Å²) in [6.45, 7) is 7.64. The van der Waals surface area contributed by atoms with Crippen LogP contribution in [0.4, 0.5) is 19.0 Å². The van der Waals surface area contributed by atoms with Crippen LogP contribution in [0.2, 0.25) is 0 Å². The van der Waals surface area contributed by atoms with Gasteiger partial charge < -0.3 is 14.5 Å². The zero-order chi connectivity index (χ0) is 34.9. The monoisotopic (exact) mass is 685 g/mol. The summed E-state index contributed by atoms with van der Waals surface area (Å²) in [5.74, 6) is -0.450. The second-order valence-corrected chi connectivity index (χ2v) is 14.4. The third-order valence-corrected chi connectivity index (χ3v) is 9.69. The van der Waals surface area contributed by atoms with E-state index in [0.717, 1.165) is 17.7 Å². The number of anilines is 1. The highest BCUT2D eigenvalue weighted by atomic mass is 32.2. The number of nitrogens with one attached hydrogen (secondary N) is 1. The molecule has 48 heavy (non-hydrogen) atoms. The molecule has 1 saturated heterocycles. The number of carbonyl (C=O) groups is 2. The number of ether oxygens (including phenoxy) is 1. The first-order chi connectivity index (χ1) is 22.6. The van der Waals surface area contributed by atoms with Crippen molar-refractivity contribution in [1.29, 1.82) is 0 Å². The summed E-state index contributed by atoms with van der Waals surface area (Å²) in [7, 11) is -3.94. The van der Waals surface area contributed by atoms with Crippen molar-refractivity contribution in [3.63, 3.8) is 0 Å². The standard InChI is InChI=1S/C32H34F3N7O5S/c1-5-47-26-8-6-7-21(17-26)23-19-36-42(20-23)25-16-22(15-24(18-25)32(33,34)35)30(44)41-13-11-40(12-14-41)28-10-9-27(37-38-28)29(43)39-48(45,46)31(2,3)4/h6-10,15-20H,5,11-14H2,1-4H3,(H,39,43). The molecular weight excluding hydrogens is 651 g/mol. The van der Waals surface area contributed by atoms with Gasteiger partial charge in [0.05, 0.1) is 28.8 Å². The van der Waals surface area contributed by atoms with E-state index < -0.39 is 38.3 Å². The molecule has 3 heterocycles. The van der Waals surface area contributed by atoms with Crippen LogP contribution >= 0.6 is 0 Å². The van der Waals surface area contributed by atoms with E-state index in [2.05, 4.69) is 15.3 Å². The first kappa shape index (κ1) is 34.3. The van der Waals surface area contributed by atoms with E-state index in [1.165, 1.54) is 54.7 Å². The van der Waals surface area contributed by atoms with Gasteiger partial charge in [0, 0.05) is 43.5 Å². The number of sulfonamides is 1. The van der Waals surface area contributed by atoms with Gasteiger partial charge in [-0.1, -0.05) is 12.1 Å². The van der Waals surface area contributed by atoms with E-state index in [1.54, 1.807) is 17.2 Å². The third kappa shape index (κ3) is 7.59. The van der Waals surface area contributed by atoms with Crippen molar-refractivity contribution < 1.29 is 35.9 Å². The predicted molar refractivity (Wildman–Crippen MR) is 171 cm³/mol. The molecule has 2 aromatic heterocycles. The van der Waals surface area contributed by atoms with Crippen LogP contribution in [0.25, 0.3) is 16.8 Å². The topological polar surface area (TPSA) is 140 Å². The van der Waals surface area contributed by atoms with Gasteiger partial charge in [-0.15, -0.1) is 10.2 Å².